The van der Waals surface area contributed by atoms with Crippen molar-refractivity contribution in [2.75, 3.05) is 24.6 Å². The topological polar surface area (TPSA) is 66.4 Å². The number of nitrogens with one attached hydrogen (secondary N) is 1. The number of rotatable bonds is 2. The van der Waals surface area contributed by atoms with Crippen LogP contribution in [0.2, 0.25) is 0 Å². The molecule has 80 valence electrons. The lowest BCUT2D eigenvalue weighted by Crippen LogP contribution is -2.39. The Kier molecular flexibility index (Phi) is 2.64. The molecular weight excluding hydrogens is 202 g/mol. The van der Waals surface area contributed by atoms with Gasteiger partial charge in [0.1, 0.15) is 0 Å². The van der Waals surface area contributed by atoms with Crippen LogP contribution in [0.5, 0.6) is 0 Å². The maximum Gasteiger partial charge on any atom is 0.150 e. The van der Waals surface area contributed by atoms with Crippen LogP contribution in [0, 0.1) is 5.92 Å². The number of aliphatic hydroxyl groups excluding tert-OH is 1. The molecule has 0 aromatic heterocycles. The number of hydrogen-bond acceptors (Lipinski definition) is 4. The Balaban J connectivity index is 1.87. The largest absolute Gasteiger partial charge is 0.388 e. The first-order valence-corrected chi connectivity index (χ1v) is 6.66. The van der Waals surface area contributed by atoms with E-state index >= 15 is 0 Å². The molecule has 2 heterocycles. The number of aliphatic hydroxyl groups is 1. The fraction of sp³-hybridized carbons (Fsp3) is 0.778. The molecule has 1 saturated heterocycles. The van der Waals surface area contributed by atoms with Crippen molar-refractivity contribution in [2.45, 2.75) is 12.5 Å². The number of sulfone groups is 1. The molecule has 2 N–H and O–H groups in total. The van der Waals surface area contributed by atoms with Crippen LogP contribution in [0.3, 0.4) is 0 Å². The zero-order chi connectivity index (χ0) is 10.2. The highest BCUT2D eigenvalue weighted by Crippen LogP contribution is 2.25. The number of hydrogen-bond donors (Lipinski definition) is 2. The van der Waals surface area contributed by atoms with Gasteiger partial charge in [-0.25, -0.2) is 8.42 Å². The van der Waals surface area contributed by atoms with Gasteiger partial charge in [0.2, 0.25) is 0 Å². The summed E-state index contributed by atoms with van der Waals surface area (Å²) < 4.78 is 21.8. The molecule has 0 bridgehead atoms. The van der Waals surface area contributed by atoms with Gasteiger partial charge >= 0.3 is 0 Å². The molecule has 14 heavy (non-hydrogen) atoms. The van der Waals surface area contributed by atoms with Crippen molar-refractivity contribution in [2.24, 2.45) is 5.92 Å². The molecule has 0 aliphatic carbocycles. The van der Waals surface area contributed by atoms with Gasteiger partial charge in [0.25, 0.3) is 0 Å². The Morgan fingerprint density at radius 3 is 2.79 bits per heavy atom. The normalized spacial score (nSPS) is 32.1. The van der Waals surface area contributed by atoms with Gasteiger partial charge in [-0.15, -0.1) is 0 Å². The van der Waals surface area contributed by atoms with Crippen molar-refractivity contribution in [1.29, 1.82) is 0 Å². The van der Waals surface area contributed by atoms with Gasteiger partial charge in [0.15, 0.2) is 9.84 Å². The minimum Gasteiger partial charge on any atom is -0.388 e. The molecule has 0 radical (unpaired) electrons. The van der Waals surface area contributed by atoms with Crippen LogP contribution in [0.25, 0.3) is 0 Å². The summed E-state index contributed by atoms with van der Waals surface area (Å²) in [6.07, 6.45) is 2.25. The lowest BCUT2D eigenvalue weighted by atomic mass is 9.98. The van der Waals surface area contributed by atoms with Crippen LogP contribution in [-0.2, 0) is 9.84 Å². The van der Waals surface area contributed by atoms with Crippen LogP contribution < -0.4 is 5.32 Å². The molecule has 0 amide bonds. The van der Waals surface area contributed by atoms with E-state index in [4.69, 9.17) is 0 Å². The monoisotopic (exact) mass is 217 g/mol. The average molecular weight is 217 g/mol. The molecule has 2 aliphatic rings. The van der Waals surface area contributed by atoms with Crippen molar-refractivity contribution >= 4 is 9.84 Å². The van der Waals surface area contributed by atoms with E-state index in [1.807, 2.05) is 6.08 Å². The van der Waals surface area contributed by atoms with Gasteiger partial charge in [-0.2, -0.15) is 0 Å². The summed E-state index contributed by atoms with van der Waals surface area (Å²) in [6.45, 7) is 1.39. The van der Waals surface area contributed by atoms with Crippen molar-refractivity contribution in [1.82, 2.24) is 5.32 Å². The Hall–Kier alpha value is -0.390. The molecule has 0 aromatic carbocycles. The summed E-state index contributed by atoms with van der Waals surface area (Å²) in [5.41, 5.74) is 1.14. The van der Waals surface area contributed by atoms with Gasteiger partial charge in [0, 0.05) is 13.1 Å². The predicted molar refractivity (Wildman–Crippen MR) is 53.7 cm³/mol. The van der Waals surface area contributed by atoms with Crippen molar-refractivity contribution in [3.05, 3.63) is 11.6 Å². The third-order valence-corrected chi connectivity index (χ3v) is 4.62. The highest BCUT2D eigenvalue weighted by Gasteiger charge is 2.33. The molecule has 1 unspecified atom stereocenters. The summed E-state index contributed by atoms with van der Waals surface area (Å²) in [6, 6.07) is 0. The molecule has 1 fully saturated rings. The van der Waals surface area contributed by atoms with Crippen molar-refractivity contribution in [3.8, 4) is 0 Å². The molecular formula is C9H15NO3S. The smallest absolute Gasteiger partial charge is 0.150 e. The summed E-state index contributed by atoms with van der Waals surface area (Å²) in [5, 5.41) is 12.4. The zero-order valence-electron chi connectivity index (χ0n) is 7.94. The van der Waals surface area contributed by atoms with Gasteiger partial charge < -0.3 is 10.4 Å². The SMILES string of the molecule is O=S1(=O)CC(CC2=CC(O)CNC2)C1. The average Bonchev–Trinajstić information content (AvgIpc) is 2.00. The van der Waals surface area contributed by atoms with E-state index in [9.17, 15) is 13.5 Å². The van der Waals surface area contributed by atoms with E-state index in [2.05, 4.69) is 5.32 Å². The quantitative estimate of drug-likeness (QED) is 0.601. The van der Waals surface area contributed by atoms with E-state index < -0.39 is 15.9 Å². The van der Waals surface area contributed by atoms with Gasteiger partial charge in [0.05, 0.1) is 17.6 Å². The van der Waals surface area contributed by atoms with Gasteiger partial charge in [-0.1, -0.05) is 11.6 Å². The highest BCUT2D eigenvalue weighted by atomic mass is 32.2. The molecule has 5 heteroatoms. The Morgan fingerprint density at radius 2 is 2.21 bits per heavy atom. The maximum atomic E-state index is 10.9. The first-order chi connectivity index (χ1) is 6.55. The molecule has 1 atom stereocenters. The zero-order valence-corrected chi connectivity index (χ0v) is 8.76. The molecule has 0 saturated carbocycles. The van der Waals surface area contributed by atoms with Crippen LogP contribution in [0.1, 0.15) is 6.42 Å². The fourth-order valence-electron chi connectivity index (χ4n) is 2.07. The second-order valence-electron chi connectivity index (χ2n) is 4.17. The van der Waals surface area contributed by atoms with E-state index in [1.165, 1.54) is 0 Å². The molecule has 0 aromatic rings. The minimum atomic E-state index is -2.71. The van der Waals surface area contributed by atoms with E-state index in [-0.39, 0.29) is 5.92 Å². The van der Waals surface area contributed by atoms with Crippen LogP contribution in [0.4, 0.5) is 0 Å². The second-order valence-corrected chi connectivity index (χ2v) is 6.32. The fourth-order valence-corrected chi connectivity index (χ4v) is 3.64. The standard InChI is InChI=1S/C9H15NO3S/c11-9-2-7(3-10-4-9)1-8-5-14(12,13)6-8/h2,8-11H,1,3-6H2. The Labute approximate surface area is 83.9 Å². The second kappa shape index (κ2) is 3.64. The van der Waals surface area contributed by atoms with Crippen molar-refractivity contribution < 1.29 is 13.5 Å². The minimum absolute atomic E-state index is 0.276. The lowest BCUT2D eigenvalue weighted by Gasteiger charge is -2.28. The lowest BCUT2D eigenvalue weighted by molar-refractivity contribution is 0.212. The molecule has 2 aliphatic heterocycles. The third kappa shape index (κ3) is 2.34. The summed E-state index contributed by atoms with van der Waals surface area (Å²) in [7, 11) is -2.71. The van der Waals surface area contributed by atoms with Crippen LogP contribution in [-0.4, -0.2) is 44.2 Å². The van der Waals surface area contributed by atoms with Gasteiger partial charge in [-0.3, -0.25) is 0 Å². The molecule has 4 nitrogen and oxygen atoms in total. The van der Waals surface area contributed by atoms with E-state index in [0.717, 1.165) is 18.5 Å². The third-order valence-electron chi connectivity index (χ3n) is 2.66. The Morgan fingerprint density at radius 1 is 1.50 bits per heavy atom. The summed E-state index contributed by atoms with van der Waals surface area (Å²) >= 11 is 0. The van der Waals surface area contributed by atoms with Crippen LogP contribution in [0.15, 0.2) is 11.6 Å². The van der Waals surface area contributed by atoms with E-state index in [1.54, 1.807) is 0 Å². The first kappa shape index (κ1) is 10.1. The summed E-state index contributed by atoms with van der Waals surface area (Å²) in [5.74, 6) is 0.916. The highest BCUT2D eigenvalue weighted by molar-refractivity contribution is 7.92. The van der Waals surface area contributed by atoms with Crippen LogP contribution >= 0.6 is 0 Å². The molecule has 0 spiro atoms. The van der Waals surface area contributed by atoms with E-state index in [0.29, 0.717) is 18.1 Å². The Bertz CT molecular complexity index is 335. The summed E-state index contributed by atoms with van der Waals surface area (Å²) in [4.78, 5) is 0. The van der Waals surface area contributed by atoms with Crippen molar-refractivity contribution in [3.63, 3.8) is 0 Å². The molecule has 2 rings (SSSR count). The maximum absolute atomic E-state index is 10.9. The van der Waals surface area contributed by atoms with Gasteiger partial charge in [-0.05, 0) is 12.3 Å². The predicted octanol–water partition coefficient (Wildman–Crippen LogP) is -0.688. The first-order valence-electron chi connectivity index (χ1n) is 4.84. The number of β-amino-alcohol motifs (C(OH)–C–C–N with tert-alkyl or cyclic N) is 1.